The number of aromatic amines is 2. The van der Waals surface area contributed by atoms with Crippen molar-refractivity contribution < 1.29 is 9.53 Å². The maximum atomic E-state index is 12.3. The molecule has 0 radical (unpaired) electrons. The number of H-pyrrole nitrogens is 2. The summed E-state index contributed by atoms with van der Waals surface area (Å²) in [7, 11) is 1.55. The van der Waals surface area contributed by atoms with Gasteiger partial charge >= 0.3 is 0 Å². The summed E-state index contributed by atoms with van der Waals surface area (Å²) in [6.07, 6.45) is 0.120. The Kier molecular flexibility index (Phi) is 4.15. The number of carbonyl (C=O) groups excluding carboxylic acids is 1. The third-order valence-corrected chi connectivity index (χ3v) is 3.60. The van der Waals surface area contributed by atoms with E-state index in [1.165, 1.54) is 6.07 Å². The first kappa shape index (κ1) is 15.5. The van der Waals surface area contributed by atoms with Crippen LogP contribution in [0.1, 0.15) is 5.56 Å². The van der Waals surface area contributed by atoms with E-state index in [1.54, 1.807) is 37.4 Å². The smallest absolute Gasteiger partial charge is 0.272 e. The molecule has 1 heterocycles. The van der Waals surface area contributed by atoms with Crippen LogP contribution in [0.4, 0.5) is 5.69 Å². The average molecular weight is 325 g/mol. The lowest BCUT2D eigenvalue weighted by Gasteiger charge is -2.08. The first-order valence-electron chi connectivity index (χ1n) is 7.25. The summed E-state index contributed by atoms with van der Waals surface area (Å²) >= 11 is 0. The van der Waals surface area contributed by atoms with Crippen molar-refractivity contribution in [3.05, 3.63) is 68.7 Å². The molecule has 0 saturated carbocycles. The Morgan fingerprint density at radius 2 is 1.83 bits per heavy atom. The molecule has 1 aromatic heterocycles. The number of fused-ring (bicyclic) bond motifs is 1. The van der Waals surface area contributed by atoms with Crippen molar-refractivity contribution in [1.29, 1.82) is 0 Å². The molecule has 0 aliphatic rings. The summed E-state index contributed by atoms with van der Waals surface area (Å²) in [5, 5.41) is 7.58. The molecule has 0 bridgehead atoms. The minimum absolute atomic E-state index is 0.120. The zero-order valence-corrected chi connectivity index (χ0v) is 12.9. The number of benzene rings is 2. The molecule has 3 aromatic rings. The van der Waals surface area contributed by atoms with Gasteiger partial charge in [0.2, 0.25) is 5.91 Å². The van der Waals surface area contributed by atoms with Crippen LogP contribution >= 0.6 is 0 Å². The summed E-state index contributed by atoms with van der Waals surface area (Å²) in [5.41, 5.74) is 0.182. The number of nitrogens with one attached hydrogen (secondary N) is 3. The Labute approximate surface area is 136 Å². The van der Waals surface area contributed by atoms with E-state index in [4.69, 9.17) is 4.74 Å². The van der Waals surface area contributed by atoms with Crippen LogP contribution < -0.4 is 21.2 Å². The van der Waals surface area contributed by atoms with Crippen molar-refractivity contribution in [2.45, 2.75) is 6.42 Å². The number of hydrogen-bond donors (Lipinski definition) is 3. The van der Waals surface area contributed by atoms with Gasteiger partial charge in [-0.1, -0.05) is 18.2 Å². The lowest BCUT2D eigenvalue weighted by Crippen LogP contribution is -2.22. The van der Waals surface area contributed by atoms with E-state index in [0.717, 1.165) is 5.56 Å². The fraction of sp³-hybridized carbons (Fsp3) is 0.118. The number of aromatic nitrogens is 2. The zero-order valence-electron chi connectivity index (χ0n) is 12.9. The summed E-state index contributed by atoms with van der Waals surface area (Å²) in [4.78, 5) is 36.0. The molecule has 3 rings (SSSR count). The van der Waals surface area contributed by atoms with Crippen LogP contribution in [0.2, 0.25) is 0 Å². The molecule has 0 saturated heterocycles. The van der Waals surface area contributed by atoms with Gasteiger partial charge in [-0.05, 0) is 29.8 Å². The normalized spacial score (nSPS) is 10.5. The van der Waals surface area contributed by atoms with Gasteiger partial charge in [0.15, 0.2) is 0 Å². The summed E-state index contributed by atoms with van der Waals surface area (Å²) < 4.78 is 5.13. The second-order valence-corrected chi connectivity index (χ2v) is 5.21. The number of hydrogen-bond acceptors (Lipinski definition) is 4. The Hall–Kier alpha value is -3.35. The number of anilines is 1. The highest BCUT2D eigenvalue weighted by atomic mass is 16.5. The molecule has 0 unspecified atom stereocenters. The molecule has 0 aliphatic carbocycles. The van der Waals surface area contributed by atoms with Gasteiger partial charge in [-0.25, -0.2) is 0 Å². The summed E-state index contributed by atoms with van der Waals surface area (Å²) in [6, 6.07) is 11.9. The van der Waals surface area contributed by atoms with E-state index < -0.39 is 11.1 Å². The largest absolute Gasteiger partial charge is 0.497 e. The molecule has 122 valence electrons. The molecule has 24 heavy (non-hydrogen) atoms. The van der Waals surface area contributed by atoms with Crippen molar-refractivity contribution in [2.75, 3.05) is 12.4 Å². The highest BCUT2D eigenvalue weighted by Crippen LogP contribution is 2.18. The van der Waals surface area contributed by atoms with Gasteiger partial charge in [-0.15, -0.1) is 0 Å². The van der Waals surface area contributed by atoms with Crippen LogP contribution in [0.15, 0.2) is 52.1 Å². The molecule has 0 atom stereocenters. The first-order chi connectivity index (χ1) is 11.6. The Morgan fingerprint density at radius 1 is 1.08 bits per heavy atom. The van der Waals surface area contributed by atoms with Gasteiger partial charge < -0.3 is 10.1 Å². The molecule has 7 heteroatoms. The van der Waals surface area contributed by atoms with Crippen LogP contribution in [0.3, 0.4) is 0 Å². The molecular formula is C17H15N3O4. The predicted molar refractivity (Wildman–Crippen MR) is 90.5 cm³/mol. The molecule has 3 N–H and O–H groups in total. The Morgan fingerprint density at radius 3 is 2.62 bits per heavy atom. The van der Waals surface area contributed by atoms with Gasteiger partial charge in [0, 0.05) is 0 Å². The maximum absolute atomic E-state index is 12.3. The fourth-order valence-corrected chi connectivity index (χ4v) is 2.50. The van der Waals surface area contributed by atoms with Gasteiger partial charge in [-0.3, -0.25) is 24.6 Å². The number of methoxy groups -OCH3 is 1. The van der Waals surface area contributed by atoms with E-state index in [9.17, 15) is 14.4 Å². The SMILES string of the molecule is COc1cccc(CC(=O)Nc2cccc3c(=O)[nH][nH]c(=O)c23)c1. The minimum Gasteiger partial charge on any atom is -0.497 e. The van der Waals surface area contributed by atoms with E-state index in [2.05, 4.69) is 15.5 Å². The molecule has 7 nitrogen and oxygen atoms in total. The Balaban J connectivity index is 1.90. The standard InChI is InChI=1S/C17H15N3O4/c1-24-11-5-2-4-10(8-11)9-14(21)18-13-7-3-6-12-15(13)17(23)20-19-16(12)22/h2-8H,9H2,1H3,(H,18,21)(H,19,22)(H,20,23). The number of ether oxygens (including phenoxy) is 1. The van der Waals surface area contributed by atoms with E-state index in [0.29, 0.717) is 11.4 Å². The number of rotatable bonds is 4. The van der Waals surface area contributed by atoms with Crippen LogP contribution in [0, 0.1) is 0 Å². The highest BCUT2D eigenvalue weighted by molar-refractivity contribution is 6.01. The highest BCUT2D eigenvalue weighted by Gasteiger charge is 2.11. The lowest BCUT2D eigenvalue weighted by atomic mass is 10.1. The van der Waals surface area contributed by atoms with Crippen molar-refractivity contribution >= 4 is 22.4 Å². The van der Waals surface area contributed by atoms with Crippen molar-refractivity contribution in [1.82, 2.24) is 10.2 Å². The molecule has 0 spiro atoms. The fourth-order valence-electron chi connectivity index (χ4n) is 2.50. The lowest BCUT2D eigenvalue weighted by molar-refractivity contribution is -0.115. The summed E-state index contributed by atoms with van der Waals surface area (Å²) in [5.74, 6) is 0.365. The van der Waals surface area contributed by atoms with Crippen LogP contribution in [-0.4, -0.2) is 23.2 Å². The molecular weight excluding hydrogens is 310 g/mol. The quantitative estimate of drug-likeness (QED) is 0.674. The van der Waals surface area contributed by atoms with E-state index in [1.807, 2.05) is 6.07 Å². The summed E-state index contributed by atoms with van der Waals surface area (Å²) in [6.45, 7) is 0. The van der Waals surface area contributed by atoms with Crippen LogP contribution in [0.25, 0.3) is 10.8 Å². The van der Waals surface area contributed by atoms with Crippen molar-refractivity contribution in [2.24, 2.45) is 0 Å². The van der Waals surface area contributed by atoms with Gasteiger partial charge in [-0.2, -0.15) is 0 Å². The minimum atomic E-state index is -0.470. The molecule has 0 aliphatic heterocycles. The molecule has 0 fully saturated rings. The van der Waals surface area contributed by atoms with Gasteiger partial charge in [0.1, 0.15) is 5.75 Å². The topological polar surface area (TPSA) is 104 Å². The Bertz CT molecular complexity index is 1020. The van der Waals surface area contributed by atoms with Gasteiger partial charge in [0.05, 0.1) is 30.0 Å². The predicted octanol–water partition coefficient (Wildman–Crippen LogP) is 1.41. The second-order valence-electron chi connectivity index (χ2n) is 5.21. The van der Waals surface area contributed by atoms with Crippen molar-refractivity contribution in [3.8, 4) is 5.75 Å². The van der Waals surface area contributed by atoms with Crippen molar-refractivity contribution in [3.63, 3.8) is 0 Å². The monoisotopic (exact) mass is 325 g/mol. The third kappa shape index (κ3) is 3.05. The third-order valence-electron chi connectivity index (χ3n) is 3.60. The number of amides is 1. The van der Waals surface area contributed by atoms with Crippen LogP contribution in [0.5, 0.6) is 5.75 Å². The van der Waals surface area contributed by atoms with Gasteiger partial charge in [0.25, 0.3) is 11.1 Å². The average Bonchev–Trinajstić information content (AvgIpc) is 2.58. The molecule has 1 amide bonds. The van der Waals surface area contributed by atoms with Crippen LogP contribution in [-0.2, 0) is 11.2 Å². The van der Waals surface area contributed by atoms with E-state index >= 15 is 0 Å². The maximum Gasteiger partial charge on any atom is 0.272 e. The van der Waals surface area contributed by atoms with E-state index in [-0.39, 0.29) is 23.1 Å². The first-order valence-corrected chi connectivity index (χ1v) is 7.25. The molecule has 2 aromatic carbocycles. The number of carbonyl (C=O) groups is 1. The second kappa shape index (κ2) is 6.41. The zero-order chi connectivity index (χ0) is 17.1.